The van der Waals surface area contributed by atoms with Gasteiger partial charge in [0.15, 0.2) is 0 Å². The molecule has 4 heteroatoms. The Balaban J connectivity index is 2.32. The van der Waals surface area contributed by atoms with E-state index >= 15 is 0 Å². The molecule has 0 aliphatic rings. The van der Waals surface area contributed by atoms with Crippen LogP contribution in [0.5, 0.6) is 0 Å². The molecule has 2 rings (SSSR count). The second-order valence-electron chi connectivity index (χ2n) is 3.38. The molecular weight excluding hydrogens is 270 g/mol. The number of carboxylic acids is 1. The van der Waals surface area contributed by atoms with Crippen LogP contribution in [-0.2, 0) is 11.3 Å². The summed E-state index contributed by atoms with van der Waals surface area (Å²) in [5, 5.41) is 9.63. The summed E-state index contributed by atoms with van der Waals surface area (Å²) >= 11 is 3.48. The molecule has 0 saturated heterocycles. The summed E-state index contributed by atoms with van der Waals surface area (Å²) in [5.74, 6) is -0.919. The maximum absolute atomic E-state index is 10.3. The van der Waals surface area contributed by atoms with Gasteiger partial charge < -0.3 is 9.67 Å². The van der Waals surface area contributed by atoms with Gasteiger partial charge in [-0.05, 0) is 18.2 Å². The van der Waals surface area contributed by atoms with Crippen molar-refractivity contribution < 1.29 is 9.90 Å². The zero-order valence-electron chi connectivity index (χ0n) is 8.43. The molecule has 0 atom stereocenters. The number of halogens is 1. The van der Waals surface area contributed by atoms with E-state index in [-0.39, 0.29) is 0 Å². The largest absolute Gasteiger partial charge is 0.478 e. The molecule has 1 aromatic heterocycles. The Morgan fingerprint density at radius 2 is 2.25 bits per heavy atom. The first kappa shape index (κ1) is 11.0. The lowest BCUT2D eigenvalue weighted by Gasteiger charge is -2.01. The van der Waals surface area contributed by atoms with Gasteiger partial charge in [-0.15, -0.1) is 0 Å². The summed E-state index contributed by atoms with van der Waals surface area (Å²) in [5.41, 5.74) is 1.09. The van der Waals surface area contributed by atoms with Crippen molar-refractivity contribution in [2.75, 3.05) is 0 Å². The number of carbonyl (C=O) groups is 1. The molecule has 0 bridgehead atoms. The van der Waals surface area contributed by atoms with Crippen molar-refractivity contribution in [3.63, 3.8) is 0 Å². The monoisotopic (exact) mass is 279 g/mol. The number of carboxylic acid groups (broad SMARTS) is 1. The highest BCUT2D eigenvalue weighted by Crippen LogP contribution is 2.24. The van der Waals surface area contributed by atoms with E-state index in [1.165, 1.54) is 0 Å². The number of aliphatic carboxylic acids is 1. The fraction of sp³-hybridized carbons (Fsp3) is 0.0833. The van der Waals surface area contributed by atoms with Crippen LogP contribution < -0.4 is 0 Å². The minimum Gasteiger partial charge on any atom is -0.478 e. The number of hydrogen-bond donors (Lipinski definition) is 1. The lowest BCUT2D eigenvalue weighted by atomic mass is 10.2. The van der Waals surface area contributed by atoms with Crippen LogP contribution in [0, 0.1) is 0 Å². The van der Waals surface area contributed by atoms with E-state index in [1.54, 1.807) is 6.08 Å². The van der Waals surface area contributed by atoms with Gasteiger partial charge >= 0.3 is 5.97 Å². The first-order chi connectivity index (χ1) is 7.68. The van der Waals surface area contributed by atoms with Gasteiger partial charge in [-0.1, -0.05) is 28.1 Å². The van der Waals surface area contributed by atoms with Gasteiger partial charge in [0.05, 0.1) is 0 Å². The minimum absolute atomic E-state index is 0.562. The van der Waals surface area contributed by atoms with Gasteiger partial charge in [-0.3, -0.25) is 0 Å². The van der Waals surface area contributed by atoms with Crippen LogP contribution in [0.4, 0.5) is 0 Å². The second kappa shape index (κ2) is 4.53. The molecule has 0 radical (unpaired) electrons. The summed E-state index contributed by atoms with van der Waals surface area (Å²) < 4.78 is 3.05. The quantitative estimate of drug-likeness (QED) is 0.878. The zero-order valence-corrected chi connectivity index (χ0v) is 10.0. The van der Waals surface area contributed by atoms with E-state index < -0.39 is 5.97 Å². The third kappa shape index (κ3) is 2.17. The van der Waals surface area contributed by atoms with E-state index in [2.05, 4.69) is 15.9 Å². The molecule has 0 spiro atoms. The summed E-state index contributed by atoms with van der Waals surface area (Å²) in [6.07, 6.45) is 4.73. The van der Waals surface area contributed by atoms with Crippen molar-refractivity contribution >= 4 is 32.8 Å². The Hall–Kier alpha value is -1.55. The number of hydrogen-bond acceptors (Lipinski definition) is 1. The SMILES string of the molecule is O=C(O)/C=C/Cn1ccc2c(Br)cccc21. The summed E-state index contributed by atoms with van der Waals surface area (Å²) in [6, 6.07) is 7.96. The average Bonchev–Trinajstić information content (AvgIpc) is 2.63. The van der Waals surface area contributed by atoms with Crippen molar-refractivity contribution in [3.8, 4) is 0 Å². The smallest absolute Gasteiger partial charge is 0.328 e. The molecule has 82 valence electrons. The number of allylic oxidation sites excluding steroid dienone is 1. The van der Waals surface area contributed by atoms with E-state index in [0.717, 1.165) is 21.5 Å². The third-order valence-electron chi connectivity index (χ3n) is 2.32. The van der Waals surface area contributed by atoms with Crippen molar-refractivity contribution in [1.82, 2.24) is 4.57 Å². The molecule has 0 aliphatic carbocycles. The zero-order chi connectivity index (χ0) is 11.5. The molecule has 1 heterocycles. The van der Waals surface area contributed by atoms with Gasteiger partial charge in [0.25, 0.3) is 0 Å². The van der Waals surface area contributed by atoms with Gasteiger partial charge in [0.1, 0.15) is 0 Å². The minimum atomic E-state index is -0.919. The number of rotatable bonds is 3. The van der Waals surface area contributed by atoms with Crippen molar-refractivity contribution in [2.45, 2.75) is 6.54 Å². The van der Waals surface area contributed by atoms with Crippen LogP contribution >= 0.6 is 15.9 Å². The molecule has 0 unspecified atom stereocenters. The van der Waals surface area contributed by atoms with E-state index in [4.69, 9.17) is 5.11 Å². The molecule has 3 nitrogen and oxygen atoms in total. The van der Waals surface area contributed by atoms with Gasteiger partial charge in [-0.25, -0.2) is 4.79 Å². The maximum atomic E-state index is 10.3. The van der Waals surface area contributed by atoms with Crippen LogP contribution in [0.1, 0.15) is 0 Å². The highest BCUT2D eigenvalue weighted by Gasteiger charge is 2.01. The molecule has 0 aliphatic heterocycles. The Bertz CT molecular complexity index is 557. The Morgan fingerprint density at radius 3 is 3.00 bits per heavy atom. The summed E-state index contributed by atoms with van der Waals surface area (Å²) in [6.45, 7) is 0.562. The number of benzene rings is 1. The lowest BCUT2D eigenvalue weighted by Crippen LogP contribution is -1.94. The van der Waals surface area contributed by atoms with Crippen LogP contribution in [0.2, 0.25) is 0 Å². The fourth-order valence-electron chi connectivity index (χ4n) is 1.61. The highest BCUT2D eigenvalue weighted by molar-refractivity contribution is 9.10. The topological polar surface area (TPSA) is 42.2 Å². The Labute approximate surface area is 101 Å². The molecule has 0 amide bonds. The van der Waals surface area contributed by atoms with Gasteiger partial charge in [0, 0.05) is 34.2 Å². The predicted octanol–water partition coefficient (Wildman–Crippen LogP) is 3.04. The van der Waals surface area contributed by atoms with Crippen LogP contribution in [0.3, 0.4) is 0 Å². The van der Waals surface area contributed by atoms with E-state index in [9.17, 15) is 4.79 Å². The molecule has 1 N–H and O–H groups in total. The molecule has 2 aromatic rings. The lowest BCUT2D eigenvalue weighted by molar-refractivity contribution is -0.131. The molecule has 0 fully saturated rings. The normalized spacial score (nSPS) is 11.3. The van der Waals surface area contributed by atoms with E-state index in [0.29, 0.717) is 6.54 Å². The summed E-state index contributed by atoms with van der Waals surface area (Å²) in [7, 11) is 0. The van der Waals surface area contributed by atoms with Gasteiger partial charge in [0.2, 0.25) is 0 Å². The second-order valence-corrected chi connectivity index (χ2v) is 4.24. The predicted molar refractivity (Wildman–Crippen MR) is 66.4 cm³/mol. The van der Waals surface area contributed by atoms with Crippen molar-refractivity contribution in [3.05, 3.63) is 47.1 Å². The van der Waals surface area contributed by atoms with Gasteiger partial charge in [-0.2, -0.15) is 0 Å². The van der Waals surface area contributed by atoms with Crippen LogP contribution in [-0.4, -0.2) is 15.6 Å². The van der Waals surface area contributed by atoms with E-state index in [1.807, 2.05) is 35.0 Å². The Kier molecular flexibility index (Phi) is 3.10. The third-order valence-corrected chi connectivity index (χ3v) is 3.01. The summed E-state index contributed by atoms with van der Waals surface area (Å²) in [4.78, 5) is 10.3. The number of aromatic nitrogens is 1. The molecule has 16 heavy (non-hydrogen) atoms. The number of nitrogens with zero attached hydrogens (tertiary/aromatic N) is 1. The van der Waals surface area contributed by atoms with Crippen molar-refractivity contribution in [1.29, 1.82) is 0 Å². The molecule has 1 aromatic carbocycles. The van der Waals surface area contributed by atoms with Crippen LogP contribution in [0.25, 0.3) is 10.9 Å². The first-order valence-corrected chi connectivity index (χ1v) is 5.60. The van der Waals surface area contributed by atoms with Crippen molar-refractivity contribution in [2.24, 2.45) is 0 Å². The molecule has 0 saturated carbocycles. The molecular formula is C12H10BrNO2. The standard InChI is InChI=1S/C12H10BrNO2/c13-10-3-1-4-11-9(10)6-8-14(11)7-2-5-12(15)16/h1-6,8H,7H2,(H,15,16)/b5-2+. The number of fused-ring (bicyclic) bond motifs is 1. The fourth-order valence-corrected chi connectivity index (χ4v) is 2.10. The maximum Gasteiger partial charge on any atom is 0.328 e. The first-order valence-electron chi connectivity index (χ1n) is 4.81. The Morgan fingerprint density at radius 1 is 1.44 bits per heavy atom. The van der Waals surface area contributed by atoms with Crippen LogP contribution in [0.15, 0.2) is 47.1 Å². The highest BCUT2D eigenvalue weighted by atomic mass is 79.9. The average molecular weight is 280 g/mol.